The molecule has 3 heteroatoms. The van der Waals surface area contributed by atoms with Gasteiger partial charge in [0.25, 0.3) is 0 Å². The van der Waals surface area contributed by atoms with Crippen LogP contribution in [-0.4, -0.2) is 42.7 Å². The van der Waals surface area contributed by atoms with Gasteiger partial charge >= 0.3 is 0 Å². The highest BCUT2D eigenvalue weighted by Gasteiger charge is 2.18. The molecule has 2 rings (SSSR count). The Hall–Kier alpha value is -1.48. The van der Waals surface area contributed by atoms with E-state index in [4.69, 9.17) is 0 Å². The molecule has 3 nitrogen and oxygen atoms in total. The van der Waals surface area contributed by atoms with E-state index < -0.39 is 0 Å². The fourth-order valence-corrected chi connectivity index (χ4v) is 2.26. The third-order valence-corrected chi connectivity index (χ3v) is 3.09. The van der Waals surface area contributed by atoms with Crippen molar-refractivity contribution in [3.05, 3.63) is 36.4 Å². The summed E-state index contributed by atoms with van der Waals surface area (Å²) in [5.41, 5.74) is 2.16. The zero-order chi connectivity index (χ0) is 12.3. The number of para-hydroxylation sites is 2. The SMILES string of the molecule is C=C(C)CN1CCN(c2ccccc2O)CC1. The molecule has 0 atom stereocenters. The summed E-state index contributed by atoms with van der Waals surface area (Å²) in [5, 5.41) is 9.80. The molecule has 0 unspecified atom stereocenters. The first kappa shape index (κ1) is 12.0. The molecule has 1 heterocycles. The maximum absolute atomic E-state index is 9.80. The van der Waals surface area contributed by atoms with Gasteiger partial charge in [0.15, 0.2) is 0 Å². The molecule has 0 saturated carbocycles. The van der Waals surface area contributed by atoms with E-state index in [9.17, 15) is 5.11 Å². The van der Waals surface area contributed by atoms with Crippen molar-refractivity contribution in [1.82, 2.24) is 4.90 Å². The van der Waals surface area contributed by atoms with Crippen molar-refractivity contribution in [1.29, 1.82) is 0 Å². The summed E-state index contributed by atoms with van der Waals surface area (Å²) in [6.45, 7) is 11.0. The minimum atomic E-state index is 0.376. The first-order valence-electron chi connectivity index (χ1n) is 6.06. The van der Waals surface area contributed by atoms with Crippen molar-refractivity contribution in [2.24, 2.45) is 0 Å². The Labute approximate surface area is 103 Å². The van der Waals surface area contributed by atoms with E-state index in [2.05, 4.69) is 23.3 Å². The molecule has 0 amide bonds. The maximum atomic E-state index is 9.80. The second kappa shape index (κ2) is 5.23. The number of phenolic OH excluding ortho intramolecular Hbond substituents is 1. The smallest absolute Gasteiger partial charge is 0.138 e. The van der Waals surface area contributed by atoms with Crippen LogP contribution in [0.4, 0.5) is 5.69 Å². The molecule has 1 N–H and O–H groups in total. The molecule has 17 heavy (non-hydrogen) atoms. The molecule has 1 aliphatic rings. The normalized spacial score (nSPS) is 17.1. The zero-order valence-corrected chi connectivity index (χ0v) is 10.4. The molecule has 0 aromatic heterocycles. The van der Waals surface area contributed by atoms with Crippen molar-refractivity contribution < 1.29 is 5.11 Å². The van der Waals surface area contributed by atoms with E-state index in [-0.39, 0.29) is 0 Å². The molecule has 1 aliphatic heterocycles. The quantitative estimate of drug-likeness (QED) is 0.808. The molecule has 0 radical (unpaired) electrons. The fraction of sp³-hybridized carbons (Fsp3) is 0.429. The van der Waals surface area contributed by atoms with Crippen LogP contribution in [0, 0.1) is 0 Å². The third-order valence-electron chi connectivity index (χ3n) is 3.09. The van der Waals surface area contributed by atoms with Crippen molar-refractivity contribution in [3.8, 4) is 5.75 Å². The molecule has 92 valence electrons. The van der Waals surface area contributed by atoms with E-state index in [1.54, 1.807) is 6.07 Å². The van der Waals surface area contributed by atoms with E-state index in [1.165, 1.54) is 5.57 Å². The van der Waals surface area contributed by atoms with Gasteiger partial charge in [-0.2, -0.15) is 0 Å². The predicted octanol–water partition coefficient (Wildman–Crippen LogP) is 2.09. The summed E-state index contributed by atoms with van der Waals surface area (Å²) in [6, 6.07) is 7.55. The summed E-state index contributed by atoms with van der Waals surface area (Å²) in [5.74, 6) is 0.376. The lowest BCUT2D eigenvalue weighted by atomic mass is 10.2. The largest absolute Gasteiger partial charge is 0.506 e. The van der Waals surface area contributed by atoms with Gasteiger partial charge in [-0.1, -0.05) is 24.3 Å². The van der Waals surface area contributed by atoms with Crippen molar-refractivity contribution >= 4 is 5.69 Å². The number of hydrogen-bond acceptors (Lipinski definition) is 3. The summed E-state index contributed by atoms with van der Waals surface area (Å²) in [4.78, 5) is 4.64. The van der Waals surface area contributed by atoms with Crippen molar-refractivity contribution in [2.45, 2.75) is 6.92 Å². The first-order chi connectivity index (χ1) is 8.16. The molecule has 1 fully saturated rings. The minimum absolute atomic E-state index is 0.376. The highest BCUT2D eigenvalue weighted by Crippen LogP contribution is 2.27. The Morgan fingerprint density at radius 2 is 1.88 bits per heavy atom. The lowest BCUT2D eigenvalue weighted by Gasteiger charge is -2.36. The lowest BCUT2D eigenvalue weighted by molar-refractivity contribution is 0.277. The molecular weight excluding hydrogens is 212 g/mol. The minimum Gasteiger partial charge on any atom is -0.506 e. The maximum Gasteiger partial charge on any atom is 0.138 e. The Balaban J connectivity index is 1.95. The Morgan fingerprint density at radius 1 is 1.24 bits per heavy atom. The van der Waals surface area contributed by atoms with Gasteiger partial charge in [0.05, 0.1) is 5.69 Å². The summed E-state index contributed by atoms with van der Waals surface area (Å²) in [6.07, 6.45) is 0. The zero-order valence-electron chi connectivity index (χ0n) is 10.4. The second-order valence-electron chi connectivity index (χ2n) is 4.71. The van der Waals surface area contributed by atoms with E-state index in [1.807, 2.05) is 18.2 Å². The summed E-state index contributed by atoms with van der Waals surface area (Å²) >= 11 is 0. The lowest BCUT2D eigenvalue weighted by Crippen LogP contribution is -2.46. The van der Waals surface area contributed by atoms with Crippen LogP contribution in [0.25, 0.3) is 0 Å². The van der Waals surface area contributed by atoms with Crippen molar-refractivity contribution in [3.63, 3.8) is 0 Å². The van der Waals surface area contributed by atoms with E-state index in [0.717, 1.165) is 38.4 Å². The van der Waals surface area contributed by atoms with Gasteiger partial charge in [-0.3, -0.25) is 4.90 Å². The molecule has 0 bridgehead atoms. The fourth-order valence-electron chi connectivity index (χ4n) is 2.26. The molecule has 0 aliphatic carbocycles. The number of anilines is 1. The number of piperazine rings is 1. The van der Waals surface area contributed by atoms with Gasteiger partial charge in [0.2, 0.25) is 0 Å². The van der Waals surface area contributed by atoms with Crippen LogP contribution in [0.3, 0.4) is 0 Å². The van der Waals surface area contributed by atoms with Crippen LogP contribution in [0.2, 0.25) is 0 Å². The van der Waals surface area contributed by atoms with Gasteiger partial charge in [-0.05, 0) is 19.1 Å². The predicted molar refractivity (Wildman–Crippen MR) is 71.6 cm³/mol. The van der Waals surface area contributed by atoms with E-state index in [0.29, 0.717) is 5.75 Å². The van der Waals surface area contributed by atoms with Crippen LogP contribution < -0.4 is 4.90 Å². The highest BCUT2D eigenvalue weighted by atomic mass is 16.3. The summed E-state index contributed by atoms with van der Waals surface area (Å²) in [7, 11) is 0. The average Bonchev–Trinajstić information content (AvgIpc) is 2.30. The molecule has 1 aromatic carbocycles. The first-order valence-corrected chi connectivity index (χ1v) is 6.06. The van der Waals surface area contributed by atoms with Crippen molar-refractivity contribution in [2.75, 3.05) is 37.6 Å². The van der Waals surface area contributed by atoms with Crippen LogP contribution in [0.15, 0.2) is 36.4 Å². The Morgan fingerprint density at radius 3 is 2.47 bits per heavy atom. The number of aromatic hydroxyl groups is 1. The Kier molecular flexibility index (Phi) is 3.69. The van der Waals surface area contributed by atoms with Gasteiger partial charge in [-0.15, -0.1) is 0 Å². The second-order valence-corrected chi connectivity index (χ2v) is 4.71. The topological polar surface area (TPSA) is 26.7 Å². The Bertz CT molecular complexity index is 395. The monoisotopic (exact) mass is 232 g/mol. The molecule has 1 aromatic rings. The average molecular weight is 232 g/mol. The van der Waals surface area contributed by atoms with Gasteiger partial charge in [0.1, 0.15) is 5.75 Å². The highest BCUT2D eigenvalue weighted by molar-refractivity contribution is 5.57. The number of benzene rings is 1. The van der Waals surface area contributed by atoms with Crippen LogP contribution in [0.1, 0.15) is 6.92 Å². The number of hydrogen-bond donors (Lipinski definition) is 1. The summed E-state index contributed by atoms with van der Waals surface area (Å²) < 4.78 is 0. The third kappa shape index (κ3) is 3.01. The van der Waals surface area contributed by atoms with E-state index >= 15 is 0 Å². The van der Waals surface area contributed by atoms with Gasteiger partial charge in [-0.25, -0.2) is 0 Å². The molecule has 0 spiro atoms. The van der Waals surface area contributed by atoms with Crippen LogP contribution >= 0.6 is 0 Å². The number of phenols is 1. The number of rotatable bonds is 3. The molecular formula is C14H20N2O. The van der Waals surface area contributed by atoms with Crippen LogP contribution in [0.5, 0.6) is 5.75 Å². The van der Waals surface area contributed by atoms with Gasteiger partial charge < -0.3 is 10.0 Å². The van der Waals surface area contributed by atoms with Crippen LogP contribution in [-0.2, 0) is 0 Å². The standard InChI is InChI=1S/C14H20N2O/c1-12(2)11-15-7-9-16(10-8-15)13-5-3-4-6-14(13)17/h3-6,17H,1,7-11H2,2H3. The molecule has 1 saturated heterocycles. The number of nitrogens with zero attached hydrogens (tertiary/aromatic N) is 2. The van der Waals surface area contributed by atoms with Gasteiger partial charge in [0, 0.05) is 32.7 Å².